The molecule has 98 valence electrons. The van der Waals surface area contributed by atoms with E-state index in [-0.39, 0.29) is 11.8 Å². The molecule has 0 saturated carbocycles. The summed E-state index contributed by atoms with van der Waals surface area (Å²) in [4.78, 5) is 25.1. The Balaban J connectivity index is 2.13. The Bertz CT molecular complexity index is 429. The molecule has 4 nitrogen and oxygen atoms in total. The van der Waals surface area contributed by atoms with Gasteiger partial charge in [0.25, 0.3) is 0 Å². The van der Waals surface area contributed by atoms with E-state index in [2.05, 4.69) is 0 Å². The third-order valence-electron chi connectivity index (χ3n) is 3.48. The summed E-state index contributed by atoms with van der Waals surface area (Å²) in [6.45, 7) is 2.40. The van der Waals surface area contributed by atoms with Crippen LogP contribution in [0, 0.1) is 0 Å². The first-order valence-electron chi connectivity index (χ1n) is 6.16. The second-order valence-electron chi connectivity index (χ2n) is 4.66. The summed E-state index contributed by atoms with van der Waals surface area (Å²) in [5, 5.41) is 13.1. The van der Waals surface area contributed by atoms with Crippen LogP contribution in [0.15, 0.2) is 16.8 Å². The molecule has 1 fully saturated rings. The molecule has 1 N–H and O–H groups in total. The van der Waals surface area contributed by atoms with Gasteiger partial charge < -0.3 is 10.0 Å². The standard InChI is InChI=1S/C13H17NO3S/c1-9(10-5-7-18-8-10)12(15)14-6-3-2-4-11(14)13(16)17/h5,7-9,11H,2-4,6H2,1H3,(H,16,17)/t9-,11+/m0/s1. The van der Waals surface area contributed by atoms with Crippen molar-refractivity contribution >= 4 is 23.2 Å². The van der Waals surface area contributed by atoms with Crippen LogP contribution in [0.1, 0.15) is 37.7 Å². The first kappa shape index (κ1) is 13.1. The summed E-state index contributed by atoms with van der Waals surface area (Å²) in [7, 11) is 0. The Morgan fingerprint density at radius 2 is 2.28 bits per heavy atom. The Morgan fingerprint density at radius 3 is 2.89 bits per heavy atom. The van der Waals surface area contributed by atoms with Gasteiger partial charge in [-0.3, -0.25) is 4.79 Å². The average molecular weight is 267 g/mol. The maximum Gasteiger partial charge on any atom is 0.326 e. The third kappa shape index (κ3) is 2.56. The molecule has 0 radical (unpaired) electrons. The number of piperidine rings is 1. The van der Waals surface area contributed by atoms with Gasteiger partial charge in [0.15, 0.2) is 0 Å². The van der Waals surface area contributed by atoms with Crippen LogP contribution in [-0.2, 0) is 9.59 Å². The molecule has 1 aliphatic heterocycles. The molecule has 1 aromatic heterocycles. The van der Waals surface area contributed by atoms with Gasteiger partial charge in [-0.25, -0.2) is 4.79 Å². The van der Waals surface area contributed by atoms with Crippen LogP contribution in [0.5, 0.6) is 0 Å². The quantitative estimate of drug-likeness (QED) is 0.914. The van der Waals surface area contributed by atoms with Crippen LogP contribution in [0.2, 0.25) is 0 Å². The molecule has 0 aliphatic carbocycles. The second kappa shape index (κ2) is 5.52. The lowest BCUT2D eigenvalue weighted by Gasteiger charge is -2.34. The lowest BCUT2D eigenvalue weighted by Crippen LogP contribution is -2.49. The summed E-state index contributed by atoms with van der Waals surface area (Å²) >= 11 is 1.55. The van der Waals surface area contributed by atoms with E-state index in [0.717, 1.165) is 18.4 Å². The number of hydrogen-bond acceptors (Lipinski definition) is 3. The van der Waals surface area contributed by atoms with Crippen molar-refractivity contribution in [2.24, 2.45) is 0 Å². The molecule has 0 spiro atoms. The number of likely N-dealkylation sites (tertiary alicyclic amines) is 1. The van der Waals surface area contributed by atoms with Gasteiger partial charge >= 0.3 is 5.97 Å². The predicted molar refractivity (Wildman–Crippen MR) is 69.7 cm³/mol. The largest absolute Gasteiger partial charge is 0.480 e. The number of rotatable bonds is 3. The molecular formula is C13H17NO3S. The van der Waals surface area contributed by atoms with Crippen molar-refractivity contribution in [1.82, 2.24) is 4.90 Å². The molecule has 1 aromatic rings. The van der Waals surface area contributed by atoms with E-state index in [9.17, 15) is 14.7 Å². The van der Waals surface area contributed by atoms with E-state index < -0.39 is 12.0 Å². The van der Waals surface area contributed by atoms with Gasteiger partial charge in [0.2, 0.25) is 5.91 Å². The van der Waals surface area contributed by atoms with E-state index in [0.29, 0.717) is 13.0 Å². The number of hydrogen-bond donors (Lipinski definition) is 1. The summed E-state index contributed by atoms with van der Waals surface area (Å²) in [5.41, 5.74) is 0.972. The number of carboxylic acids is 1. The minimum atomic E-state index is -0.888. The van der Waals surface area contributed by atoms with E-state index in [4.69, 9.17) is 0 Å². The van der Waals surface area contributed by atoms with Crippen LogP contribution in [0.25, 0.3) is 0 Å². The van der Waals surface area contributed by atoms with E-state index in [1.54, 1.807) is 11.3 Å². The lowest BCUT2D eigenvalue weighted by atomic mass is 9.97. The zero-order valence-electron chi connectivity index (χ0n) is 10.3. The molecule has 5 heteroatoms. The smallest absolute Gasteiger partial charge is 0.326 e. The minimum Gasteiger partial charge on any atom is -0.480 e. The summed E-state index contributed by atoms with van der Waals surface area (Å²) in [6, 6.07) is 1.28. The molecule has 1 aliphatic rings. The number of carbonyl (C=O) groups is 2. The van der Waals surface area contributed by atoms with Gasteiger partial charge in [-0.15, -0.1) is 0 Å². The van der Waals surface area contributed by atoms with Gasteiger partial charge in [-0.2, -0.15) is 11.3 Å². The first-order valence-corrected chi connectivity index (χ1v) is 7.11. The van der Waals surface area contributed by atoms with Crippen LogP contribution < -0.4 is 0 Å². The monoisotopic (exact) mass is 267 g/mol. The van der Waals surface area contributed by atoms with E-state index in [1.165, 1.54) is 4.90 Å². The first-order chi connectivity index (χ1) is 8.61. The van der Waals surface area contributed by atoms with E-state index >= 15 is 0 Å². The highest BCUT2D eigenvalue weighted by atomic mass is 32.1. The maximum absolute atomic E-state index is 12.4. The molecule has 1 amide bonds. The maximum atomic E-state index is 12.4. The zero-order valence-corrected chi connectivity index (χ0v) is 11.2. The number of nitrogens with zero attached hydrogens (tertiary/aromatic N) is 1. The number of amides is 1. The molecule has 0 aromatic carbocycles. The van der Waals surface area contributed by atoms with Gasteiger partial charge in [-0.05, 0) is 48.6 Å². The Kier molecular flexibility index (Phi) is 4.01. The van der Waals surface area contributed by atoms with Gasteiger partial charge in [0.1, 0.15) is 6.04 Å². The molecule has 2 heterocycles. The molecule has 0 bridgehead atoms. The van der Waals surface area contributed by atoms with Crippen molar-refractivity contribution < 1.29 is 14.7 Å². The Hall–Kier alpha value is -1.36. The highest BCUT2D eigenvalue weighted by Gasteiger charge is 2.34. The number of carbonyl (C=O) groups excluding carboxylic acids is 1. The number of thiophene rings is 1. The van der Waals surface area contributed by atoms with Crippen molar-refractivity contribution in [2.45, 2.75) is 38.1 Å². The fraction of sp³-hybridized carbons (Fsp3) is 0.538. The summed E-state index contributed by atoms with van der Waals surface area (Å²) < 4.78 is 0. The lowest BCUT2D eigenvalue weighted by molar-refractivity contribution is -0.152. The highest BCUT2D eigenvalue weighted by molar-refractivity contribution is 7.08. The van der Waals surface area contributed by atoms with Crippen molar-refractivity contribution in [3.05, 3.63) is 22.4 Å². The predicted octanol–water partition coefficient (Wildman–Crippen LogP) is 2.32. The third-order valence-corrected chi connectivity index (χ3v) is 4.19. The second-order valence-corrected chi connectivity index (χ2v) is 5.44. The molecule has 2 atom stereocenters. The Labute approximate surface area is 110 Å². The molecule has 1 saturated heterocycles. The normalized spacial score (nSPS) is 21.6. The van der Waals surface area contributed by atoms with Crippen molar-refractivity contribution in [1.29, 1.82) is 0 Å². The van der Waals surface area contributed by atoms with Gasteiger partial charge in [-0.1, -0.05) is 0 Å². The Morgan fingerprint density at radius 1 is 1.50 bits per heavy atom. The highest BCUT2D eigenvalue weighted by Crippen LogP contribution is 2.25. The van der Waals surface area contributed by atoms with Crippen LogP contribution in [-0.4, -0.2) is 34.5 Å². The van der Waals surface area contributed by atoms with E-state index in [1.807, 2.05) is 23.8 Å². The van der Waals surface area contributed by atoms with Crippen molar-refractivity contribution in [3.8, 4) is 0 Å². The zero-order chi connectivity index (χ0) is 13.1. The number of aliphatic carboxylic acids is 1. The van der Waals surface area contributed by atoms with Crippen LogP contribution in [0.3, 0.4) is 0 Å². The topological polar surface area (TPSA) is 57.6 Å². The summed E-state index contributed by atoms with van der Waals surface area (Å²) in [5.74, 6) is -1.21. The molecule has 2 rings (SSSR count). The van der Waals surface area contributed by atoms with Crippen molar-refractivity contribution in [2.75, 3.05) is 6.54 Å². The average Bonchev–Trinajstić information content (AvgIpc) is 2.90. The van der Waals surface area contributed by atoms with Crippen molar-refractivity contribution in [3.63, 3.8) is 0 Å². The molecular weight excluding hydrogens is 250 g/mol. The molecule has 0 unspecified atom stereocenters. The van der Waals surface area contributed by atoms with Crippen LogP contribution >= 0.6 is 11.3 Å². The van der Waals surface area contributed by atoms with Gasteiger partial charge in [0, 0.05) is 6.54 Å². The summed E-state index contributed by atoms with van der Waals surface area (Å²) in [6.07, 6.45) is 2.34. The SMILES string of the molecule is C[C@H](C(=O)N1CCCC[C@@H]1C(=O)O)c1ccsc1. The number of carboxylic acid groups (broad SMARTS) is 1. The van der Waals surface area contributed by atoms with Crippen LogP contribution in [0.4, 0.5) is 0 Å². The molecule has 18 heavy (non-hydrogen) atoms. The minimum absolute atomic E-state index is 0.0690. The fourth-order valence-electron chi connectivity index (χ4n) is 2.36. The fourth-order valence-corrected chi connectivity index (χ4v) is 3.12. The van der Waals surface area contributed by atoms with Gasteiger partial charge in [0.05, 0.1) is 5.92 Å².